The van der Waals surface area contributed by atoms with Crippen molar-refractivity contribution in [2.24, 2.45) is 25.4 Å². The second kappa shape index (κ2) is 21.8. The van der Waals surface area contributed by atoms with Gasteiger partial charge in [0.2, 0.25) is 26.0 Å². The average molecular weight is 990 g/mol. The summed E-state index contributed by atoms with van der Waals surface area (Å²) < 4.78 is 51.5. The van der Waals surface area contributed by atoms with Gasteiger partial charge in [0.25, 0.3) is 11.4 Å². The van der Waals surface area contributed by atoms with Crippen LogP contribution in [0, 0.1) is 20.2 Å². The van der Waals surface area contributed by atoms with E-state index >= 15 is 0 Å². The molecule has 6 aromatic carbocycles. The van der Waals surface area contributed by atoms with Crippen LogP contribution in [0.1, 0.15) is 13.8 Å². The number of nitro groups is 2. The number of sulfonamides is 2. The van der Waals surface area contributed by atoms with Gasteiger partial charge in [-0.05, 0) is 53.9 Å². The zero-order chi connectivity index (χ0) is 47.3. The number of azo groups is 2. The number of anilines is 3. The maximum absolute atomic E-state index is 12.5. The number of hydrogen-bond acceptors (Lipinski definition) is 19. The van der Waals surface area contributed by atoms with Crippen molar-refractivity contribution in [3.05, 3.63) is 105 Å². The predicted molar refractivity (Wildman–Crippen MR) is 226 cm³/mol. The fourth-order valence-electron chi connectivity index (χ4n) is 5.79. The van der Waals surface area contributed by atoms with E-state index in [1.54, 1.807) is 24.3 Å². The number of nitrogens with zero attached hydrogens (tertiary/aromatic N) is 7. The van der Waals surface area contributed by atoms with Crippen molar-refractivity contribution in [3.8, 4) is 23.0 Å². The first-order chi connectivity index (χ1) is 29.9. The van der Waals surface area contributed by atoms with Crippen molar-refractivity contribution in [2.75, 3.05) is 27.3 Å². The number of carbonyl (C=O) groups is 1. The summed E-state index contributed by atoms with van der Waals surface area (Å²) in [5, 5.41) is 100.0. The number of carbonyl (C=O) groups excluding carboxylic acids is 1. The van der Waals surface area contributed by atoms with Crippen LogP contribution in [0.15, 0.2) is 110 Å². The molecular weight excluding hydrogens is 960 g/mol. The first kappa shape index (κ1) is 53.4. The Bertz CT molecular complexity index is 3230. The Hall–Kier alpha value is -6.99. The monoisotopic (exact) mass is 989 g/mol. The number of benzene rings is 6. The molecular formula is C38H30CrN10NaO14S2. The smallest absolute Gasteiger partial charge is 0.871 e. The summed E-state index contributed by atoms with van der Waals surface area (Å²) in [6, 6.07) is 18.6. The molecule has 24 nitrogen and oxygen atoms in total. The largest absolute Gasteiger partial charge is 3.00 e. The van der Waals surface area contributed by atoms with E-state index in [1.165, 1.54) is 43.3 Å². The number of rotatable bonds is 12. The van der Waals surface area contributed by atoms with E-state index in [2.05, 4.69) is 40.2 Å². The van der Waals surface area contributed by atoms with Gasteiger partial charge in [0.1, 0.15) is 11.4 Å². The molecule has 66 heavy (non-hydrogen) atoms. The Kier molecular flexibility index (Phi) is 17.6. The van der Waals surface area contributed by atoms with E-state index in [0.29, 0.717) is 10.8 Å². The first-order valence-electron chi connectivity index (χ1n) is 17.7. The number of aromatic hydroxyl groups is 1. The van der Waals surface area contributed by atoms with Gasteiger partial charge in [-0.15, -0.1) is 5.11 Å². The summed E-state index contributed by atoms with van der Waals surface area (Å²) in [5.41, 5.74) is -3.20. The quantitative estimate of drug-likeness (QED) is 0.0342. The molecule has 0 aliphatic carbocycles. The second-order valence-corrected chi connectivity index (χ2v) is 16.8. The molecule has 0 aliphatic heterocycles. The molecule has 335 valence electrons. The Morgan fingerprint density at radius 2 is 1.14 bits per heavy atom. The van der Waals surface area contributed by atoms with Crippen molar-refractivity contribution in [1.82, 2.24) is 0 Å². The molecule has 4 N–H and O–H groups in total. The van der Waals surface area contributed by atoms with Gasteiger partial charge in [-0.2, -0.15) is 15.3 Å². The minimum atomic E-state index is -3.70. The fourth-order valence-corrected chi connectivity index (χ4v) is 6.93. The normalized spacial score (nSPS) is 11.6. The molecule has 6 rings (SSSR count). The van der Waals surface area contributed by atoms with E-state index < -0.39 is 81.7 Å². The van der Waals surface area contributed by atoms with E-state index in [1.807, 2.05) is 0 Å². The third kappa shape index (κ3) is 13.5. The van der Waals surface area contributed by atoms with E-state index in [9.17, 15) is 67.4 Å². The van der Waals surface area contributed by atoms with Gasteiger partial charge in [-0.1, -0.05) is 48.2 Å². The van der Waals surface area contributed by atoms with E-state index in [4.69, 9.17) is 0 Å². The molecule has 0 fully saturated rings. The van der Waals surface area contributed by atoms with Crippen LogP contribution < -0.4 is 64.7 Å². The van der Waals surface area contributed by atoms with Crippen LogP contribution in [0.3, 0.4) is 0 Å². The number of phenols is 1. The summed E-state index contributed by atoms with van der Waals surface area (Å²) in [6.07, 6.45) is 1.88. The van der Waals surface area contributed by atoms with E-state index in [0.717, 1.165) is 43.7 Å². The van der Waals surface area contributed by atoms with E-state index in [-0.39, 0.29) is 97.6 Å². The maximum atomic E-state index is 12.5. The number of nitrogens with one attached hydrogen (secondary N) is 3. The number of aliphatic imine (C=N–C) groups is 1. The molecule has 0 aliphatic rings. The molecule has 0 saturated carbocycles. The first-order valence-corrected chi connectivity index (χ1v) is 21.5. The van der Waals surface area contributed by atoms with Gasteiger partial charge in [-0.25, -0.2) is 16.8 Å². The number of hydrogen-bond donors (Lipinski definition) is 4. The van der Waals surface area contributed by atoms with Crippen molar-refractivity contribution >= 4 is 110 Å². The maximum Gasteiger partial charge on any atom is 3.00 e. The molecule has 0 aromatic heterocycles. The molecule has 0 heterocycles. The van der Waals surface area contributed by atoms with Crippen molar-refractivity contribution in [1.29, 1.82) is 0 Å². The molecule has 6 aromatic rings. The molecule has 0 atom stereocenters. The van der Waals surface area contributed by atoms with Gasteiger partial charge in [0.05, 0.1) is 56.5 Å². The molecule has 28 heteroatoms. The zero-order valence-electron chi connectivity index (χ0n) is 34.7. The van der Waals surface area contributed by atoms with Gasteiger partial charge < -0.3 is 30.8 Å². The standard InChI is InChI=1S/2C19H17N5O7S.Cr.Na/c2*1-10(25)20-12-8-14(19(27)15(9-12)24(28)29)21-22-18-16(26)7-6-11-4-3-5-13(17(11)18)23-32(2,30)31;;/h2*3-9,23,26-27H,1-2H3,(H,20,25);;/q;;+3;+1/p-4. The summed E-state index contributed by atoms with van der Waals surface area (Å²) >= 11 is 0. The topological polar surface area (TPSA) is 382 Å². The minimum absolute atomic E-state index is 0. The molecule has 0 spiro atoms. The van der Waals surface area contributed by atoms with Crippen molar-refractivity contribution in [2.45, 2.75) is 13.8 Å². The second-order valence-electron chi connectivity index (χ2n) is 13.3. The Morgan fingerprint density at radius 1 is 0.667 bits per heavy atom. The third-order valence-electron chi connectivity index (χ3n) is 8.17. The van der Waals surface area contributed by atoms with Gasteiger partial charge in [0, 0.05) is 47.0 Å². The minimum Gasteiger partial charge on any atom is -0.871 e. The van der Waals surface area contributed by atoms with Crippen LogP contribution >= 0.6 is 0 Å². The summed E-state index contributed by atoms with van der Waals surface area (Å²) in [4.78, 5) is 35.4. The van der Waals surface area contributed by atoms with Crippen molar-refractivity contribution < 1.29 is 104 Å². The molecule has 0 unspecified atom stereocenters. The van der Waals surface area contributed by atoms with Crippen LogP contribution in [-0.4, -0.2) is 56.1 Å². The third-order valence-corrected chi connectivity index (χ3v) is 9.35. The fraction of sp³-hybridized carbons (Fsp3) is 0.105. The van der Waals surface area contributed by atoms with Crippen LogP contribution in [0.4, 0.5) is 56.9 Å². The molecule has 0 bridgehead atoms. The van der Waals surface area contributed by atoms with Gasteiger partial charge in [0.15, 0.2) is 0 Å². The average Bonchev–Trinajstić information content (AvgIpc) is 3.17. The molecule has 0 saturated heterocycles. The number of fused-ring (bicyclic) bond motifs is 2. The summed E-state index contributed by atoms with van der Waals surface area (Å²) in [5.74, 6) is -4.33. The predicted octanol–water partition coefficient (Wildman–Crippen LogP) is 2.37. The van der Waals surface area contributed by atoms with Crippen LogP contribution in [-0.2, 0) is 42.2 Å². The van der Waals surface area contributed by atoms with Crippen LogP contribution in [0.2, 0.25) is 0 Å². The van der Waals surface area contributed by atoms with Crippen LogP contribution in [0.5, 0.6) is 23.0 Å². The van der Waals surface area contributed by atoms with Gasteiger partial charge in [-0.3, -0.25) is 39.5 Å². The zero-order valence-corrected chi connectivity index (χ0v) is 39.6. The molecule has 1 amide bonds. The number of nitro benzene ring substituents is 2. The van der Waals surface area contributed by atoms with Gasteiger partial charge >= 0.3 is 46.9 Å². The summed E-state index contributed by atoms with van der Waals surface area (Å²) in [6.45, 7) is 2.30. The number of phenolic OH excluding ortho intramolecular Hbond substituents is 1. The Morgan fingerprint density at radius 3 is 1.62 bits per heavy atom. The number of amides is 1. The SMILES string of the molecule is CC(=O)Nc1cc(N=Nc2c(O)ccc3cccc(NS(C)(=O)=O)c23)c([O-])c([N+](=O)[O-])c1.CC([O-])=Nc1cc(N=Nc2c([O-])ccc3cccc(NS(C)(=O)=O)c23)c([O-])c([N+](=O)[O-])c1.[Cr+3].[Na+]. The van der Waals surface area contributed by atoms with Crippen LogP contribution in [0.25, 0.3) is 21.5 Å². The Balaban J connectivity index is 0.000000340. The summed E-state index contributed by atoms with van der Waals surface area (Å²) in [7, 11) is -7.37. The Labute approximate surface area is 406 Å². The van der Waals surface area contributed by atoms with Crippen molar-refractivity contribution in [3.63, 3.8) is 0 Å². The molecule has 1 radical (unpaired) electrons.